The van der Waals surface area contributed by atoms with E-state index in [2.05, 4.69) is 33.8 Å². The minimum Gasteiger partial charge on any atom is -0.478 e. The highest BCUT2D eigenvalue weighted by Crippen LogP contribution is 2.69. The lowest BCUT2D eigenvalue weighted by molar-refractivity contribution is -0.203. The standard InChI is InChI=1S/C33H48O4/c1-5-23-28-19-22(34)15-17-33(28,4)27-16-18-32(3)25(13-14-26(32)29(27)30(23)35)20(2)9-8-11-21-10-6-7-12-24(21)31(36)37/h6-8,10-12,20,22-23,25-30,34-35H,5,9,13-19H2,1-4H3,(H,36,37)/b11-8+/t20-,22-,23-,25-,26+,27+,28+,29?,30-,32-,33-/m1/s1. The molecule has 4 saturated carbocycles. The van der Waals surface area contributed by atoms with Crippen molar-refractivity contribution in [2.75, 3.05) is 0 Å². The van der Waals surface area contributed by atoms with Crippen LogP contribution in [0.15, 0.2) is 30.3 Å². The van der Waals surface area contributed by atoms with E-state index in [9.17, 15) is 20.1 Å². The van der Waals surface area contributed by atoms with Crippen LogP contribution in [0.25, 0.3) is 6.08 Å². The SMILES string of the molecule is CC[C@H]1[C@@H](O)C2[C@@H]3CC[C@H]([C@H](C)C/C=C/c4ccccc4C(=O)O)[C@@]3(C)CC[C@@H]2[C@@]2(C)CC[C@@H](O)C[C@@H]12. The number of fused-ring (bicyclic) bond motifs is 5. The highest BCUT2D eigenvalue weighted by atomic mass is 16.4. The molecule has 204 valence electrons. The molecule has 3 N–H and O–H groups in total. The second kappa shape index (κ2) is 10.2. The molecule has 0 heterocycles. The van der Waals surface area contributed by atoms with Crippen LogP contribution < -0.4 is 0 Å². The van der Waals surface area contributed by atoms with Gasteiger partial charge in [0, 0.05) is 0 Å². The van der Waals surface area contributed by atoms with Crippen LogP contribution >= 0.6 is 0 Å². The van der Waals surface area contributed by atoms with Gasteiger partial charge in [0.05, 0.1) is 17.8 Å². The smallest absolute Gasteiger partial charge is 0.336 e. The summed E-state index contributed by atoms with van der Waals surface area (Å²) in [5, 5.41) is 31.9. The van der Waals surface area contributed by atoms with Crippen molar-refractivity contribution in [1.29, 1.82) is 0 Å². The largest absolute Gasteiger partial charge is 0.478 e. The lowest BCUT2D eigenvalue weighted by atomic mass is 9.41. The van der Waals surface area contributed by atoms with Gasteiger partial charge in [-0.25, -0.2) is 4.79 Å². The normalized spacial score (nSPS) is 44.2. The van der Waals surface area contributed by atoms with Gasteiger partial charge < -0.3 is 15.3 Å². The van der Waals surface area contributed by atoms with E-state index >= 15 is 0 Å². The molecule has 1 aromatic rings. The predicted molar refractivity (Wildman–Crippen MR) is 148 cm³/mol. The number of carboxylic acid groups (broad SMARTS) is 1. The number of carbonyl (C=O) groups is 1. The molecule has 0 bridgehead atoms. The van der Waals surface area contributed by atoms with Crippen molar-refractivity contribution >= 4 is 12.0 Å². The van der Waals surface area contributed by atoms with Crippen molar-refractivity contribution in [1.82, 2.24) is 0 Å². The highest BCUT2D eigenvalue weighted by molar-refractivity contribution is 5.92. The first kappa shape index (κ1) is 26.9. The first-order valence-corrected chi connectivity index (χ1v) is 15.0. The Kier molecular flexibility index (Phi) is 7.39. The monoisotopic (exact) mass is 508 g/mol. The summed E-state index contributed by atoms with van der Waals surface area (Å²) in [6.45, 7) is 9.65. The number of aliphatic hydroxyl groups excluding tert-OH is 2. The minimum atomic E-state index is -0.879. The second-order valence-electron chi connectivity index (χ2n) is 13.6. The van der Waals surface area contributed by atoms with Gasteiger partial charge in [-0.05, 0) is 115 Å². The van der Waals surface area contributed by atoms with E-state index < -0.39 is 5.97 Å². The number of benzene rings is 1. The van der Waals surface area contributed by atoms with Gasteiger partial charge in [0.15, 0.2) is 0 Å². The fourth-order valence-electron chi connectivity index (χ4n) is 10.3. The molecule has 37 heavy (non-hydrogen) atoms. The van der Waals surface area contributed by atoms with Crippen LogP contribution in [0.1, 0.15) is 101 Å². The molecule has 0 saturated heterocycles. The van der Waals surface area contributed by atoms with Crippen LogP contribution in [0, 0.1) is 52.3 Å². The maximum Gasteiger partial charge on any atom is 0.336 e. The zero-order valence-electron chi connectivity index (χ0n) is 23.3. The second-order valence-corrected chi connectivity index (χ2v) is 13.6. The summed E-state index contributed by atoms with van der Waals surface area (Å²) < 4.78 is 0. The third-order valence-electron chi connectivity index (χ3n) is 12.1. The van der Waals surface area contributed by atoms with E-state index in [0.29, 0.717) is 47.0 Å². The lowest BCUT2D eigenvalue weighted by Crippen LogP contribution is -2.62. The first-order chi connectivity index (χ1) is 17.6. The molecule has 0 radical (unpaired) electrons. The number of allylic oxidation sites excluding steroid dienone is 1. The summed E-state index contributed by atoms with van der Waals surface area (Å²) in [5.41, 5.74) is 1.63. The molecule has 0 aromatic heterocycles. The molecule has 1 unspecified atom stereocenters. The van der Waals surface area contributed by atoms with Gasteiger partial charge >= 0.3 is 5.97 Å². The Bertz CT molecular complexity index is 1020. The minimum absolute atomic E-state index is 0.197. The van der Waals surface area contributed by atoms with Gasteiger partial charge in [-0.1, -0.05) is 64.5 Å². The zero-order chi connectivity index (χ0) is 26.5. The van der Waals surface area contributed by atoms with E-state index in [4.69, 9.17) is 0 Å². The number of hydrogen-bond acceptors (Lipinski definition) is 3. The number of aliphatic hydroxyl groups is 2. The van der Waals surface area contributed by atoms with Crippen molar-refractivity contribution < 1.29 is 20.1 Å². The molecule has 4 fully saturated rings. The number of rotatable bonds is 6. The van der Waals surface area contributed by atoms with Crippen molar-refractivity contribution in [2.45, 2.75) is 97.7 Å². The highest BCUT2D eigenvalue weighted by Gasteiger charge is 2.64. The van der Waals surface area contributed by atoms with Crippen molar-refractivity contribution in [2.24, 2.45) is 52.3 Å². The molecule has 4 aliphatic rings. The van der Waals surface area contributed by atoms with Crippen LogP contribution in [0.2, 0.25) is 0 Å². The summed E-state index contributed by atoms with van der Waals surface area (Å²) in [5.74, 6) is 2.55. The number of hydrogen-bond donors (Lipinski definition) is 3. The lowest BCUT2D eigenvalue weighted by Gasteiger charge is -2.64. The Balaban J connectivity index is 1.34. The van der Waals surface area contributed by atoms with Gasteiger partial charge in [-0.2, -0.15) is 0 Å². The van der Waals surface area contributed by atoms with E-state index in [1.165, 1.54) is 25.7 Å². The molecule has 4 heteroatoms. The van der Waals surface area contributed by atoms with Crippen LogP contribution in [0.3, 0.4) is 0 Å². The fraction of sp³-hybridized carbons (Fsp3) is 0.727. The van der Waals surface area contributed by atoms with Crippen LogP contribution in [-0.2, 0) is 0 Å². The molecule has 0 aliphatic heterocycles. The van der Waals surface area contributed by atoms with Crippen LogP contribution in [0.5, 0.6) is 0 Å². The molecule has 0 amide bonds. The summed E-state index contributed by atoms with van der Waals surface area (Å²) in [6.07, 6.45) is 13.5. The third-order valence-corrected chi connectivity index (χ3v) is 12.1. The Hall–Kier alpha value is -1.65. The summed E-state index contributed by atoms with van der Waals surface area (Å²) in [6, 6.07) is 7.23. The Morgan fingerprint density at radius 1 is 1.03 bits per heavy atom. The fourth-order valence-corrected chi connectivity index (χ4v) is 10.3. The topological polar surface area (TPSA) is 77.8 Å². The number of carboxylic acids is 1. The number of aromatic carboxylic acids is 1. The predicted octanol–water partition coefficient (Wildman–Crippen LogP) is 7.05. The molecule has 0 spiro atoms. The summed E-state index contributed by atoms with van der Waals surface area (Å²) in [4.78, 5) is 11.6. The maximum absolute atomic E-state index is 11.9. The van der Waals surface area contributed by atoms with Gasteiger partial charge in [-0.3, -0.25) is 0 Å². The van der Waals surface area contributed by atoms with Crippen molar-refractivity contribution in [3.05, 3.63) is 41.5 Å². The molecule has 4 aliphatic carbocycles. The van der Waals surface area contributed by atoms with E-state index in [-0.39, 0.29) is 23.0 Å². The van der Waals surface area contributed by atoms with E-state index in [1.54, 1.807) is 12.1 Å². The molecule has 5 rings (SSSR count). The molecule has 11 atom stereocenters. The summed E-state index contributed by atoms with van der Waals surface area (Å²) in [7, 11) is 0. The van der Waals surface area contributed by atoms with Crippen LogP contribution in [-0.4, -0.2) is 33.5 Å². The van der Waals surface area contributed by atoms with Gasteiger partial charge in [0.1, 0.15) is 0 Å². The average molecular weight is 509 g/mol. The first-order valence-electron chi connectivity index (χ1n) is 15.0. The molecular formula is C33H48O4. The van der Waals surface area contributed by atoms with Crippen molar-refractivity contribution in [3.8, 4) is 0 Å². The van der Waals surface area contributed by atoms with Gasteiger partial charge in [0.2, 0.25) is 0 Å². The van der Waals surface area contributed by atoms with Crippen molar-refractivity contribution in [3.63, 3.8) is 0 Å². The maximum atomic E-state index is 11.9. The van der Waals surface area contributed by atoms with E-state index in [1.807, 2.05) is 18.2 Å². The van der Waals surface area contributed by atoms with Gasteiger partial charge in [-0.15, -0.1) is 0 Å². The molecule has 4 nitrogen and oxygen atoms in total. The third kappa shape index (κ3) is 4.40. The Morgan fingerprint density at radius 2 is 1.73 bits per heavy atom. The summed E-state index contributed by atoms with van der Waals surface area (Å²) >= 11 is 0. The van der Waals surface area contributed by atoms with E-state index in [0.717, 1.165) is 37.7 Å². The average Bonchev–Trinajstić information content (AvgIpc) is 3.22. The Labute approximate surface area is 223 Å². The van der Waals surface area contributed by atoms with Gasteiger partial charge in [0.25, 0.3) is 0 Å². The van der Waals surface area contributed by atoms with Crippen LogP contribution in [0.4, 0.5) is 0 Å². The molecular weight excluding hydrogens is 460 g/mol. The molecule has 1 aromatic carbocycles. The Morgan fingerprint density at radius 3 is 2.46 bits per heavy atom. The zero-order valence-corrected chi connectivity index (χ0v) is 23.3. The quantitative estimate of drug-likeness (QED) is 0.385.